The van der Waals surface area contributed by atoms with Gasteiger partial charge in [0.05, 0.1) is 0 Å². The number of nitrogens with zero attached hydrogens (tertiary/aromatic N) is 4. The van der Waals surface area contributed by atoms with E-state index in [1.54, 1.807) is 31.1 Å². The smallest absolute Gasteiger partial charge is 0.245 e. The molecule has 0 radical (unpaired) electrons. The number of aromatic nitrogens is 1. The Morgan fingerprint density at radius 2 is 1.81 bits per heavy atom. The molecule has 1 aromatic rings. The molecule has 1 unspecified atom stereocenters. The maximum Gasteiger partial charge on any atom is 0.245 e. The lowest BCUT2D eigenvalue weighted by Gasteiger charge is -2.30. The summed E-state index contributed by atoms with van der Waals surface area (Å²) in [7, 11) is -0.117. The van der Waals surface area contributed by atoms with E-state index in [1.165, 1.54) is 10.5 Å². The molecule has 2 heterocycles. The molecular formula is C18H30N4O3S. The van der Waals surface area contributed by atoms with Gasteiger partial charge in [-0.15, -0.1) is 0 Å². The summed E-state index contributed by atoms with van der Waals surface area (Å²) in [5.41, 5.74) is 0. The second-order valence-electron chi connectivity index (χ2n) is 7.46. The highest BCUT2D eigenvalue weighted by Gasteiger charge is 2.33. The average Bonchev–Trinajstić information content (AvgIpc) is 3.02. The van der Waals surface area contributed by atoms with Crippen LogP contribution in [0.1, 0.15) is 40.5 Å². The number of likely N-dealkylation sites (N-methyl/N-ethyl adjacent to an activating group) is 1. The summed E-state index contributed by atoms with van der Waals surface area (Å²) in [6, 6.07) is 2.78. The number of amides is 1. The van der Waals surface area contributed by atoms with Gasteiger partial charge < -0.3 is 9.80 Å². The first-order chi connectivity index (χ1) is 12.1. The lowest BCUT2D eigenvalue weighted by molar-refractivity contribution is -0.129. The molecular weight excluding hydrogens is 352 g/mol. The number of pyridine rings is 1. The molecule has 7 nitrogen and oxygen atoms in total. The quantitative estimate of drug-likeness (QED) is 0.752. The van der Waals surface area contributed by atoms with E-state index in [0.717, 1.165) is 19.4 Å². The SMILES string of the molecule is CC(C)N(C(C)C)S(=O)(=O)c1ccc(N2CCCC2C(=O)N(C)C)nc1. The van der Waals surface area contributed by atoms with E-state index in [2.05, 4.69) is 4.98 Å². The number of anilines is 1. The van der Waals surface area contributed by atoms with Crippen LogP contribution in [0.25, 0.3) is 0 Å². The third kappa shape index (κ3) is 4.01. The van der Waals surface area contributed by atoms with Crippen molar-refractivity contribution in [3.05, 3.63) is 18.3 Å². The topological polar surface area (TPSA) is 73.8 Å². The van der Waals surface area contributed by atoms with Crippen molar-refractivity contribution in [1.82, 2.24) is 14.2 Å². The van der Waals surface area contributed by atoms with E-state index in [1.807, 2.05) is 32.6 Å². The first kappa shape index (κ1) is 20.6. The molecule has 0 N–H and O–H groups in total. The van der Waals surface area contributed by atoms with E-state index in [-0.39, 0.29) is 28.9 Å². The zero-order valence-corrected chi connectivity index (χ0v) is 17.3. The van der Waals surface area contributed by atoms with E-state index in [0.29, 0.717) is 5.82 Å². The highest BCUT2D eigenvalue weighted by atomic mass is 32.2. The van der Waals surface area contributed by atoms with Crippen LogP contribution in [0.2, 0.25) is 0 Å². The van der Waals surface area contributed by atoms with E-state index >= 15 is 0 Å². The first-order valence-corrected chi connectivity index (χ1v) is 10.5. The Balaban J connectivity index is 2.29. The number of hydrogen-bond acceptors (Lipinski definition) is 5. The molecule has 2 rings (SSSR count). The molecule has 0 aliphatic carbocycles. The van der Waals surface area contributed by atoms with Crippen molar-refractivity contribution in [1.29, 1.82) is 0 Å². The van der Waals surface area contributed by atoms with Gasteiger partial charge in [-0.1, -0.05) is 0 Å². The fourth-order valence-electron chi connectivity index (χ4n) is 3.56. The van der Waals surface area contributed by atoms with E-state index in [4.69, 9.17) is 0 Å². The van der Waals surface area contributed by atoms with Crippen molar-refractivity contribution in [2.75, 3.05) is 25.5 Å². The van der Waals surface area contributed by atoms with Gasteiger partial charge in [0, 0.05) is 38.9 Å². The monoisotopic (exact) mass is 382 g/mol. The van der Waals surface area contributed by atoms with Crippen LogP contribution in [0.15, 0.2) is 23.2 Å². The molecule has 1 aromatic heterocycles. The molecule has 1 aliphatic rings. The molecule has 0 aromatic carbocycles. The molecule has 1 amide bonds. The van der Waals surface area contributed by atoms with Crippen LogP contribution >= 0.6 is 0 Å². The van der Waals surface area contributed by atoms with Gasteiger partial charge in [0.2, 0.25) is 15.9 Å². The number of carbonyl (C=O) groups is 1. The summed E-state index contributed by atoms with van der Waals surface area (Å²) in [5, 5.41) is 0. The number of carbonyl (C=O) groups excluding carboxylic acids is 1. The maximum absolute atomic E-state index is 12.9. The van der Waals surface area contributed by atoms with Gasteiger partial charge >= 0.3 is 0 Å². The molecule has 1 aliphatic heterocycles. The normalized spacial score (nSPS) is 18.2. The average molecular weight is 383 g/mol. The van der Waals surface area contributed by atoms with Gasteiger partial charge in [0.1, 0.15) is 16.8 Å². The summed E-state index contributed by atoms with van der Waals surface area (Å²) in [6.07, 6.45) is 3.10. The zero-order chi connectivity index (χ0) is 19.6. The second kappa shape index (κ2) is 7.92. The van der Waals surface area contributed by atoms with Crippen LogP contribution in [-0.4, -0.2) is 67.3 Å². The zero-order valence-electron chi connectivity index (χ0n) is 16.5. The van der Waals surface area contributed by atoms with E-state index in [9.17, 15) is 13.2 Å². The van der Waals surface area contributed by atoms with Gasteiger partial charge in [-0.25, -0.2) is 13.4 Å². The molecule has 0 spiro atoms. The molecule has 26 heavy (non-hydrogen) atoms. The molecule has 8 heteroatoms. The Kier molecular flexibility index (Phi) is 6.29. The predicted molar refractivity (Wildman–Crippen MR) is 103 cm³/mol. The van der Waals surface area contributed by atoms with Crippen LogP contribution in [0.5, 0.6) is 0 Å². The first-order valence-electron chi connectivity index (χ1n) is 9.04. The Morgan fingerprint density at radius 1 is 1.19 bits per heavy atom. The van der Waals surface area contributed by atoms with Crippen LogP contribution in [-0.2, 0) is 14.8 Å². The third-order valence-electron chi connectivity index (χ3n) is 4.59. The number of rotatable bonds is 6. The third-order valence-corrected chi connectivity index (χ3v) is 6.82. The van der Waals surface area contributed by atoms with E-state index < -0.39 is 10.0 Å². The Labute approximate surface area is 157 Å². The summed E-state index contributed by atoms with van der Waals surface area (Å²) in [4.78, 5) is 20.4. The highest BCUT2D eigenvalue weighted by Crippen LogP contribution is 2.27. The van der Waals surface area contributed by atoms with Crippen molar-refractivity contribution in [2.45, 2.75) is 63.6 Å². The minimum atomic E-state index is -3.61. The predicted octanol–water partition coefficient (Wildman–Crippen LogP) is 1.95. The fourth-order valence-corrected chi connectivity index (χ4v) is 5.34. The van der Waals surface area contributed by atoms with Crippen LogP contribution in [0, 0.1) is 0 Å². The van der Waals surface area contributed by atoms with Crippen LogP contribution in [0.4, 0.5) is 5.82 Å². The minimum absolute atomic E-state index is 0.0480. The Morgan fingerprint density at radius 3 is 2.27 bits per heavy atom. The minimum Gasteiger partial charge on any atom is -0.347 e. The standard InChI is InChI=1S/C18H30N4O3S/c1-13(2)22(14(3)4)26(24,25)15-9-10-17(19-12-15)21-11-7-8-16(21)18(23)20(5)6/h9-10,12-14,16H,7-8,11H2,1-6H3. The van der Waals surface area contributed by atoms with Gasteiger partial charge in [0.25, 0.3) is 0 Å². The molecule has 0 bridgehead atoms. The van der Waals surface area contributed by atoms with Crippen LogP contribution < -0.4 is 4.90 Å². The molecule has 0 saturated carbocycles. The van der Waals surface area contributed by atoms with Crippen molar-refractivity contribution >= 4 is 21.7 Å². The van der Waals surface area contributed by atoms with Gasteiger partial charge in [-0.3, -0.25) is 4.79 Å². The number of sulfonamides is 1. The van der Waals surface area contributed by atoms with Gasteiger partial charge in [-0.2, -0.15) is 4.31 Å². The lowest BCUT2D eigenvalue weighted by atomic mass is 10.2. The summed E-state index contributed by atoms with van der Waals surface area (Å²) in [5.74, 6) is 0.689. The largest absolute Gasteiger partial charge is 0.347 e. The summed E-state index contributed by atoms with van der Waals surface area (Å²) < 4.78 is 27.3. The lowest BCUT2D eigenvalue weighted by Crippen LogP contribution is -2.43. The number of hydrogen-bond donors (Lipinski definition) is 0. The van der Waals surface area contributed by atoms with Crippen molar-refractivity contribution < 1.29 is 13.2 Å². The second-order valence-corrected chi connectivity index (χ2v) is 9.30. The fraction of sp³-hybridized carbons (Fsp3) is 0.667. The Bertz CT molecular complexity index is 721. The molecule has 146 valence electrons. The van der Waals surface area contributed by atoms with Crippen LogP contribution in [0.3, 0.4) is 0 Å². The highest BCUT2D eigenvalue weighted by molar-refractivity contribution is 7.89. The molecule has 1 saturated heterocycles. The molecule has 1 fully saturated rings. The summed E-state index contributed by atoms with van der Waals surface area (Å²) >= 11 is 0. The van der Waals surface area contributed by atoms with Crippen molar-refractivity contribution in [2.24, 2.45) is 0 Å². The van der Waals surface area contributed by atoms with Gasteiger partial charge in [0.15, 0.2) is 0 Å². The van der Waals surface area contributed by atoms with Crippen molar-refractivity contribution in [3.8, 4) is 0 Å². The summed E-state index contributed by atoms with van der Waals surface area (Å²) in [6.45, 7) is 8.19. The maximum atomic E-state index is 12.9. The Hall–Kier alpha value is -1.67. The molecule has 1 atom stereocenters. The van der Waals surface area contributed by atoms with Gasteiger partial charge in [-0.05, 0) is 52.7 Å². The van der Waals surface area contributed by atoms with Crippen molar-refractivity contribution in [3.63, 3.8) is 0 Å².